The van der Waals surface area contributed by atoms with Gasteiger partial charge in [0.15, 0.2) is 0 Å². The topological polar surface area (TPSA) is 70.0 Å². The van der Waals surface area contributed by atoms with Crippen molar-refractivity contribution >= 4 is 27.8 Å². The molecule has 1 aromatic rings. The van der Waals surface area contributed by atoms with Gasteiger partial charge < -0.3 is 5.11 Å². The van der Waals surface area contributed by atoms with Gasteiger partial charge in [0.1, 0.15) is 0 Å². The van der Waals surface area contributed by atoms with Gasteiger partial charge in [-0.2, -0.15) is 0 Å². The van der Waals surface area contributed by atoms with E-state index in [1.807, 2.05) is 18.3 Å². The monoisotopic (exact) mass is 380 g/mol. The van der Waals surface area contributed by atoms with Crippen LogP contribution in [-0.4, -0.2) is 42.4 Å². The number of sulfonamides is 1. The van der Waals surface area contributed by atoms with Gasteiger partial charge in [0, 0.05) is 24.3 Å². The number of nitrogens with zero attached hydrogens (tertiary/aromatic N) is 2. The first-order valence-electron chi connectivity index (χ1n) is 8.91. The third-order valence-corrected chi connectivity index (χ3v) is 8.83. The van der Waals surface area contributed by atoms with Crippen molar-refractivity contribution in [3.8, 4) is 0 Å². The number of rotatable bonds is 3. The van der Waals surface area contributed by atoms with Gasteiger partial charge in [-0.05, 0) is 66.3 Å². The highest BCUT2D eigenvalue weighted by molar-refractivity contribution is 7.90. The quantitative estimate of drug-likeness (QED) is 0.874. The number of aliphatic hydroxyl groups is 1. The number of halogens is 1. The Hall–Kier alpha value is -0.950. The Morgan fingerprint density at radius 1 is 1.20 bits per heavy atom. The lowest BCUT2D eigenvalue weighted by Crippen LogP contribution is -2.34. The Morgan fingerprint density at radius 2 is 1.88 bits per heavy atom. The molecule has 0 radical (unpaired) electrons. The highest BCUT2D eigenvalue weighted by atomic mass is 35.5. The average Bonchev–Trinajstić information content (AvgIpc) is 3.07. The number of hydrogen-bond donors (Lipinski definition) is 1. The average molecular weight is 381 g/mol. The number of aliphatic imine (C=N–C) groups is 1. The van der Waals surface area contributed by atoms with Crippen molar-refractivity contribution in [2.75, 3.05) is 13.1 Å². The fourth-order valence-corrected chi connectivity index (χ4v) is 7.09. The highest BCUT2D eigenvalue weighted by Gasteiger charge is 2.53. The normalized spacial score (nSPS) is 34.5. The smallest absolute Gasteiger partial charge is 0.216 e. The van der Waals surface area contributed by atoms with Crippen LogP contribution in [0.4, 0.5) is 0 Å². The van der Waals surface area contributed by atoms with Gasteiger partial charge in [-0.15, -0.1) is 0 Å². The first-order chi connectivity index (χ1) is 11.9. The summed E-state index contributed by atoms with van der Waals surface area (Å²) in [6.45, 7) is 1.68. The van der Waals surface area contributed by atoms with Crippen LogP contribution in [0, 0.1) is 11.8 Å². The maximum Gasteiger partial charge on any atom is 0.216 e. The fraction of sp³-hybridized carbons (Fsp3) is 0.611. The summed E-state index contributed by atoms with van der Waals surface area (Å²) in [6, 6.07) is 3.76. The van der Waals surface area contributed by atoms with Gasteiger partial charge in [-0.3, -0.25) is 4.99 Å². The summed E-state index contributed by atoms with van der Waals surface area (Å²) in [5.74, 6) is 0.436. The molecule has 5 rings (SSSR count). The molecule has 1 aromatic carbocycles. The lowest BCUT2D eigenvalue weighted by molar-refractivity contribution is 0.0330. The second-order valence-electron chi connectivity index (χ2n) is 8.01. The summed E-state index contributed by atoms with van der Waals surface area (Å²) in [4.78, 5) is 4.32. The fourth-order valence-electron chi connectivity index (χ4n) is 4.91. The molecule has 25 heavy (non-hydrogen) atoms. The Bertz CT molecular complexity index is 865. The first kappa shape index (κ1) is 16.2. The van der Waals surface area contributed by atoms with E-state index in [4.69, 9.17) is 11.6 Å². The summed E-state index contributed by atoms with van der Waals surface area (Å²) >= 11 is 6.25. The molecule has 1 saturated heterocycles. The molecular weight excluding hydrogens is 360 g/mol. The molecule has 7 heteroatoms. The SMILES string of the molecule is O=S(=O)(C1CC1)N1C[C@@H]2CC(O)(c3cc(Cl)cc4c3CN=C4)C[C@@H]2C1. The van der Waals surface area contributed by atoms with Crippen molar-refractivity contribution in [3.05, 3.63) is 33.8 Å². The molecule has 0 bridgehead atoms. The summed E-state index contributed by atoms with van der Waals surface area (Å²) < 4.78 is 26.6. The van der Waals surface area contributed by atoms with Crippen LogP contribution in [0.25, 0.3) is 0 Å². The highest BCUT2D eigenvalue weighted by Crippen LogP contribution is 2.51. The van der Waals surface area contributed by atoms with E-state index in [1.54, 1.807) is 4.31 Å². The van der Waals surface area contributed by atoms with Crippen LogP contribution in [0.5, 0.6) is 0 Å². The Morgan fingerprint density at radius 3 is 2.52 bits per heavy atom. The molecule has 3 fully saturated rings. The maximum atomic E-state index is 12.5. The van der Waals surface area contributed by atoms with Gasteiger partial charge >= 0.3 is 0 Å². The third-order valence-electron chi connectivity index (χ3n) is 6.28. The number of benzene rings is 1. The van der Waals surface area contributed by atoms with Crippen molar-refractivity contribution < 1.29 is 13.5 Å². The van der Waals surface area contributed by atoms with E-state index < -0.39 is 15.6 Å². The van der Waals surface area contributed by atoms with E-state index >= 15 is 0 Å². The Labute approximate surface area is 152 Å². The largest absolute Gasteiger partial charge is 0.385 e. The van der Waals surface area contributed by atoms with Gasteiger partial charge in [-0.25, -0.2) is 12.7 Å². The molecule has 2 heterocycles. The second-order valence-corrected chi connectivity index (χ2v) is 10.7. The molecule has 3 atom stereocenters. The van der Waals surface area contributed by atoms with Gasteiger partial charge in [0.05, 0.1) is 17.4 Å². The molecular formula is C18H21ClN2O3S. The molecule has 134 valence electrons. The van der Waals surface area contributed by atoms with Gasteiger partial charge in [-0.1, -0.05) is 11.6 Å². The zero-order valence-electron chi connectivity index (χ0n) is 13.9. The molecule has 2 aliphatic carbocycles. The van der Waals surface area contributed by atoms with Crippen LogP contribution in [0.2, 0.25) is 5.02 Å². The number of fused-ring (bicyclic) bond motifs is 2. The van der Waals surface area contributed by atoms with Crippen molar-refractivity contribution in [3.63, 3.8) is 0 Å². The van der Waals surface area contributed by atoms with Crippen LogP contribution in [-0.2, 0) is 22.2 Å². The lowest BCUT2D eigenvalue weighted by Gasteiger charge is -2.28. The standard InChI is InChI=1S/C18H21ClN2O3S/c19-14-3-11-7-20-8-16(11)17(4-14)18(22)5-12-9-21(10-13(12)6-18)25(23,24)15-1-2-15/h3-4,7,12-13,15,22H,1-2,5-6,8-10H2/t12-,13+,18?. The lowest BCUT2D eigenvalue weighted by atomic mass is 9.85. The van der Waals surface area contributed by atoms with E-state index in [2.05, 4.69) is 4.99 Å². The van der Waals surface area contributed by atoms with E-state index in [1.165, 1.54) is 0 Å². The summed E-state index contributed by atoms with van der Waals surface area (Å²) in [6.07, 6.45) is 4.61. The van der Waals surface area contributed by atoms with E-state index in [0.29, 0.717) is 37.5 Å². The summed E-state index contributed by atoms with van der Waals surface area (Å²) in [5, 5.41) is 11.8. The minimum Gasteiger partial charge on any atom is -0.385 e. The molecule has 2 saturated carbocycles. The molecule has 0 spiro atoms. The minimum absolute atomic E-state index is 0.154. The maximum absolute atomic E-state index is 12.5. The van der Waals surface area contributed by atoms with E-state index in [-0.39, 0.29) is 17.1 Å². The van der Waals surface area contributed by atoms with Crippen LogP contribution in [0.1, 0.15) is 42.4 Å². The molecule has 4 aliphatic rings. The van der Waals surface area contributed by atoms with Crippen LogP contribution in [0.15, 0.2) is 17.1 Å². The van der Waals surface area contributed by atoms with Crippen molar-refractivity contribution in [1.82, 2.24) is 4.31 Å². The van der Waals surface area contributed by atoms with Crippen molar-refractivity contribution in [2.45, 2.75) is 43.1 Å². The van der Waals surface area contributed by atoms with Crippen LogP contribution >= 0.6 is 11.6 Å². The number of hydrogen-bond acceptors (Lipinski definition) is 4. The zero-order valence-corrected chi connectivity index (χ0v) is 15.4. The van der Waals surface area contributed by atoms with Crippen LogP contribution < -0.4 is 0 Å². The van der Waals surface area contributed by atoms with Gasteiger partial charge in [0.2, 0.25) is 10.0 Å². The molecule has 0 aromatic heterocycles. The second kappa shape index (κ2) is 5.28. The van der Waals surface area contributed by atoms with Crippen LogP contribution in [0.3, 0.4) is 0 Å². The zero-order chi connectivity index (χ0) is 17.4. The molecule has 1 unspecified atom stereocenters. The predicted octanol–water partition coefficient (Wildman–Crippen LogP) is 2.29. The Kier molecular flexibility index (Phi) is 3.43. The molecule has 1 N–H and O–H groups in total. The first-order valence-corrected chi connectivity index (χ1v) is 10.8. The van der Waals surface area contributed by atoms with Crippen molar-refractivity contribution in [2.24, 2.45) is 16.8 Å². The predicted molar refractivity (Wildman–Crippen MR) is 96.4 cm³/mol. The summed E-state index contributed by atoms with van der Waals surface area (Å²) in [5.41, 5.74) is 2.02. The Balaban J connectivity index is 1.41. The molecule has 2 aliphatic heterocycles. The van der Waals surface area contributed by atoms with E-state index in [0.717, 1.165) is 29.5 Å². The van der Waals surface area contributed by atoms with Gasteiger partial charge in [0.25, 0.3) is 0 Å². The minimum atomic E-state index is -3.12. The molecule has 5 nitrogen and oxygen atoms in total. The molecule has 0 amide bonds. The van der Waals surface area contributed by atoms with Crippen molar-refractivity contribution in [1.29, 1.82) is 0 Å². The third kappa shape index (κ3) is 2.49. The van der Waals surface area contributed by atoms with E-state index in [9.17, 15) is 13.5 Å². The summed E-state index contributed by atoms with van der Waals surface area (Å²) in [7, 11) is -3.12.